The van der Waals surface area contributed by atoms with E-state index >= 15 is 0 Å². The molecule has 1 spiro atoms. The predicted molar refractivity (Wildman–Crippen MR) is 361 cm³/mol. The number of amides is 1. The average molecular weight is 1250 g/mol. The van der Waals surface area contributed by atoms with E-state index in [0.717, 1.165) is 127 Å². The molecule has 13 nitrogen and oxygen atoms in total. The number of hydrogen-bond acceptors (Lipinski definition) is 12. The summed E-state index contributed by atoms with van der Waals surface area (Å²) in [7, 11) is 4.32. The number of fused-ring (bicyclic) bond motifs is 2. The number of nitrogens with one attached hydrogen (secondary N) is 6. The summed E-state index contributed by atoms with van der Waals surface area (Å²) >= 11 is 6.20. The van der Waals surface area contributed by atoms with Crippen molar-refractivity contribution in [2.24, 2.45) is 28.7 Å². The molecule has 17 heteroatoms. The van der Waals surface area contributed by atoms with Crippen LogP contribution in [0.2, 0.25) is 5.02 Å². The van der Waals surface area contributed by atoms with Gasteiger partial charge in [-0.1, -0.05) is 110 Å². The first kappa shape index (κ1) is 71.8. The summed E-state index contributed by atoms with van der Waals surface area (Å²) < 4.78 is 41.0. The first-order valence-corrected chi connectivity index (χ1v) is 35.4. The average Bonchev–Trinajstić information content (AvgIpc) is 0.779. The van der Waals surface area contributed by atoms with E-state index < -0.39 is 11.7 Å². The van der Waals surface area contributed by atoms with Gasteiger partial charge in [0, 0.05) is 168 Å². The van der Waals surface area contributed by atoms with E-state index in [0.29, 0.717) is 49.1 Å². The number of halogens is 4. The number of carbonyl (C=O) groups excluding carboxylic acids is 1. The Bertz CT molecular complexity index is 2430. The fraction of sp³-hybridized carbons (Fsp3) is 0.775. The van der Waals surface area contributed by atoms with Crippen LogP contribution in [-0.4, -0.2) is 163 Å². The van der Waals surface area contributed by atoms with Crippen molar-refractivity contribution in [3.8, 4) is 0 Å². The maximum absolute atomic E-state index is 14.8. The zero-order valence-electron chi connectivity index (χ0n) is 56.6. The Morgan fingerprint density at radius 2 is 1.57 bits per heavy atom. The van der Waals surface area contributed by atoms with Gasteiger partial charge >= 0.3 is 6.18 Å². The van der Waals surface area contributed by atoms with E-state index in [1.165, 1.54) is 74.9 Å². The van der Waals surface area contributed by atoms with Gasteiger partial charge in [-0.15, -0.1) is 0 Å². The van der Waals surface area contributed by atoms with Crippen LogP contribution in [-0.2, 0) is 17.4 Å². The van der Waals surface area contributed by atoms with Crippen LogP contribution in [0.25, 0.3) is 0 Å². The summed E-state index contributed by atoms with van der Waals surface area (Å²) in [5.41, 5.74) is 3.43. The van der Waals surface area contributed by atoms with Crippen LogP contribution < -0.4 is 31.9 Å². The molecule has 7 rings (SSSR count). The van der Waals surface area contributed by atoms with Crippen molar-refractivity contribution in [3.05, 3.63) is 82.3 Å². The van der Waals surface area contributed by atoms with E-state index in [1.807, 2.05) is 24.7 Å². The van der Waals surface area contributed by atoms with Crippen molar-refractivity contribution in [2.45, 2.75) is 264 Å². The zero-order valence-corrected chi connectivity index (χ0v) is 57.4. The van der Waals surface area contributed by atoms with Crippen LogP contribution in [0.4, 0.5) is 13.2 Å². The van der Waals surface area contributed by atoms with Crippen molar-refractivity contribution >= 4 is 23.7 Å². The molecule has 1 aromatic carbocycles. The lowest BCUT2D eigenvalue weighted by atomic mass is 9.74. The van der Waals surface area contributed by atoms with Crippen LogP contribution in [0.15, 0.2) is 71.2 Å². The fourth-order valence-corrected chi connectivity index (χ4v) is 16.1. The van der Waals surface area contributed by atoms with Crippen molar-refractivity contribution in [3.63, 3.8) is 0 Å². The number of aliphatic imine (C=N–C) groups is 1. The lowest BCUT2D eigenvalue weighted by Crippen LogP contribution is -2.76. The number of rotatable bonds is 11. The van der Waals surface area contributed by atoms with Crippen LogP contribution in [0.1, 0.15) is 202 Å². The van der Waals surface area contributed by atoms with Crippen molar-refractivity contribution in [1.82, 2.24) is 56.4 Å². The minimum absolute atomic E-state index is 0.0454. The van der Waals surface area contributed by atoms with Gasteiger partial charge in [0.1, 0.15) is 0 Å². The van der Waals surface area contributed by atoms with Gasteiger partial charge in [-0.3, -0.25) is 14.7 Å². The van der Waals surface area contributed by atoms with Gasteiger partial charge in [0.25, 0.3) is 0 Å². The number of allylic oxidation sites excluding steroid dienone is 4. The Labute approximate surface area is 536 Å². The highest BCUT2D eigenvalue weighted by Crippen LogP contribution is 2.41. The molecule has 6 N–H and O–H groups in total. The second-order valence-electron chi connectivity index (χ2n) is 28.2. The third-order valence-electron chi connectivity index (χ3n) is 21.3. The molecule has 0 aromatic heterocycles. The molecule has 88 heavy (non-hydrogen) atoms. The molecule has 498 valence electrons. The van der Waals surface area contributed by atoms with Crippen LogP contribution in [0, 0.1) is 23.7 Å². The molecule has 5 fully saturated rings. The molecule has 3 saturated heterocycles. The minimum atomic E-state index is -4.51. The van der Waals surface area contributed by atoms with Crippen molar-refractivity contribution in [2.75, 3.05) is 66.5 Å². The topological polar surface area (TPSA) is 118 Å². The predicted octanol–water partition coefficient (Wildman–Crippen LogP) is 13.1. The normalized spacial score (nSPS) is 30.2. The van der Waals surface area contributed by atoms with Gasteiger partial charge in [0.05, 0.1) is 23.0 Å². The molecule has 1 amide bonds. The SMILES string of the molecule is CCC[C@@H]1NC[C@H]([C@@H](C)CC)NC(C)[C@H](C)N2CCCC2=CN(C)C(CC2CCCCC2)=CN(C)C=CNC(CCc2ccc(C(F)(F)F)c(Cl)c2)=CC=NCCNCC2(CCCC2)NC(C)[C@H](C(C)C)N2C(C)[C@H](C(=O)N3CCCCC3)C2CNC1C. The monoisotopic (exact) mass is 1250 g/mol. The first-order chi connectivity index (χ1) is 42.1. The molecule has 2 saturated carbocycles. The van der Waals surface area contributed by atoms with Crippen LogP contribution in [0.3, 0.4) is 0 Å². The molecular weight excluding hydrogens is 1130 g/mol. The Morgan fingerprint density at radius 1 is 0.841 bits per heavy atom. The quantitative estimate of drug-likeness (QED) is 0.127. The summed E-state index contributed by atoms with van der Waals surface area (Å²) in [4.78, 5) is 31.7. The van der Waals surface area contributed by atoms with E-state index in [-0.39, 0.29) is 64.8 Å². The third-order valence-corrected chi connectivity index (χ3v) is 21.6. The largest absolute Gasteiger partial charge is 0.417 e. The van der Waals surface area contributed by atoms with Crippen LogP contribution in [0.5, 0.6) is 0 Å². The van der Waals surface area contributed by atoms with Gasteiger partial charge in [-0.25, -0.2) is 0 Å². The Balaban J connectivity index is 1.18. The molecule has 4 heterocycles. The fourth-order valence-electron chi connectivity index (χ4n) is 15.8. The number of hydrogen-bond donors (Lipinski definition) is 6. The van der Waals surface area contributed by atoms with Gasteiger partial charge in [0.15, 0.2) is 0 Å². The second-order valence-corrected chi connectivity index (χ2v) is 28.6. The molecule has 1 aromatic rings. The highest BCUT2D eigenvalue weighted by atomic mass is 35.5. The molecule has 6 aliphatic rings. The number of piperidine rings is 1. The maximum atomic E-state index is 14.8. The van der Waals surface area contributed by atoms with Gasteiger partial charge in [-0.05, 0) is 147 Å². The highest BCUT2D eigenvalue weighted by Gasteiger charge is 2.55. The number of alkyl halides is 3. The number of benzene rings is 1. The summed E-state index contributed by atoms with van der Waals surface area (Å²) in [5.74, 6) is 1.79. The molecule has 2 aliphatic carbocycles. The lowest BCUT2D eigenvalue weighted by molar-refractivity contribution is -0.162. The van der Waals surface area contributed by atoms with Gasteiger partial charge in [-0.2, -0.15) is 13.2 Å². The molecule has 4 aliphatic heterocycles. The zero-order chi connectivity index (χ0) is 63.5. The third kappa shape index (κ3) is 20.2. The number of carbonyl (C=O) groups is 1. The summed E-state index contributed by atoms with van der Waals surface area (Å²) in [6.07, 6.45) is 29.9. The molecule has 0 bridgehead atoms. The Kier molecular flexibility index (Phi) is 28.4. The molecule has 11 atom stereocenters. The van der Waals surface area contributed by atoms with Crippen molar-refractivity contribution < 1.29 is 18.0 Å². The van der Waals surface area contributed by atoms with E-state index in [4.69, 9.17) is 16.6 Å². The molecular formula is C71H120ClF3N12O. The van der Waals surface area contributed by atoms with E-state index in [2.05, 4.69) is 152 Å². The summed E-state index contributed by atoms with van der Waals surface area (Å²) in [5, 5.41) is 23.8. The Morgan fingerprint density at radius 3 is 2.25 bits per heavy atom. The Hall–Kier alpha value is -3.64. The maximum Gasteiger partial charge on any atom is 0.417 e. The summed E-state index contributed by atoms with van der Waals surface area (Å²) in [6, 6.07) is 6.03. The smallest absolute Gasteiger partial charge is 0.369 e. The second kappa shape index (κ2) is 34.9. The number of aryl methyl sites for hydroxylation is 1. The molecule has 5 unspecified atom stereocenters. The summed E-state index contributed by atoms with van der Waals surface area (Å²) in [6.45, 7) is 30.3. The number of likely N-dealkylation sites (tertiary alicyclic amines) is 1. The lowest BCUT2D eigenvalue weighted by Gasteiger charge is -2.60. The van der Waals surface area contributed by atoms with Crippen molar-refractivity contribution in [1.29, 1.82) is 0 Å². The van der Waals surface area contributed by atoms with Gasteiger partial charge < -0.3 is 51.5 Å². The molecule has 0 radical (unpaired) electrons. The number of nitrogens with zero attached hydrogens (tertiary/aromatic N) is 6. The minimum Gasteiger partial charge on any atom is -0.369 e. The van der Waals surface area contributed by atoms with E-state index in [1.54, 1.807) is 0 Å². The van der Waals surface area contributed by atoms with E-state index in [9.17, 15) is 18.0 Å². The van der Waals surface area contributed by atoms with Crippen LogP contribution >= 0.6 is 11.6 Å². The van der Waals surface area contributed by atoms with Gasteiger partial charge in [0.2, 0.25) is 5.91 Å². The standard InChI is InChI=1S/C71H120ClF3N12O/c1-13-24-64-53(7)79-46-66-67(69(88)85-39-21-16-22-40-85)56(10)87(66)68(50(3)4)54(8)82-70(33-19-20-34-70)49-77-37-36-76-35-32-59(30-28-58-29-31-62(63(72)44-58)71(73,74)75)78-38-42-83(11)47-61(43-57-25-17-15-18-26-57)84(12)48-60-27-23-41-86(60)55(9)52(6)81-65(45-80-64)51(5)14-2/h29,31-32,35,38,42,44,47-48,50-57,64-68,77-82H,13-28,30,33-34,36-37,39-41,43,45-46,49H2,1-12H3/t51-,52?,53?,54?,55-,56?,64-,65+,66?,67-,68-/m0/s1. The first-order valence-electron chi connectivity index (χ1n) is 35.0. The highest BCUT2D eigenvalue weighted by molar-refractivity contribution is 6.31.